The molecule has 108 valence electrons. The van der Waals surface area contributed by atoms with Crippen molar-refractivity contribution in [3.63, 3.8) is 0 Å². The van der Waals surface area contributed by atoms with Crippen molar-refractivity contribution >= 4 is 23.1 Å². The van der Waals surface area contributed by atoms with Gasteiger partial charge in [-0.1, -0.05) is 19.9 Å². The molecule has 0 aliphatic carbocycles. The van der Waals surface area contributed by atoms with Gasteiger partial charge in [0.1, 0.15) is 5.82 Å². The van der Waals surface area contributed by atoms with Crippen molar-refractivity contribution in [1.29, 1.82) is 0 Å². The van der Waals surface area contributed by atoms with Crippen molar-refractivity contribution in [1.82, 2.24) is 9.97 Å². The average Bonchev–Trinajstić information content (AvgIpc) is 2.91. The van der Waals surface area contributed by atoms with E-state index in [1.807, 2.05) is 19.9 Å². The Morgan fingerprint density at radius 3 is 2.70 bits per heavy atom. The monoisotopic (exact) mass is 290 g/mol. The molecule has 4 nitrogen and oxygen atoms in total. The Balaban J connectivity index is 2.07. The van der Waals surface area contributed by atoms with Crippen LogP contribution in [0.4, 0.5) is 11.8 Å². The first-order valence-corrected chi connectivity index (χ1v) is 7.76. The van der Waals surface area contributed by atoms with Crippen LogP contribution in [-0.4, -0.2) is 23.1 Å². The maximum absolute atomic E-state index is 4.48. The molecule has 0 atom stereocenters. The van der Waals surface area contributed by atoms with Crippen LogP contribution in [0.1, 0.15) is 31.3 Å². The number of aryl methyl sites for hydroxylation is 1. The summed E-state index contributed by atoms with van der Waals surface area (Å²) in [6.07, 6.45) is 0. The molecule has 20 heavy (non-hydrogen) atoms. The van der Waals surface area contributed by atoms with Crippen LogP contribution < -0.4 is 10.6 Å². The van der Waals surface area contributed by atoms with E-state index in [4.69, 9.17) is 0 Å². The minimum Gasteiger partial charge on any atom is -0.369 e. The highest BCUT2D eigenvalue weighted by molar-refractivity contribution is 7.10. The lowest BCUT2D eigenvalue weighted by Gasteiger charge is -2.24. The molecule has 0 aliphatic rings. The van der Waals surface area contributed by atoms with Crippen LogP contribution in [0.5, 0.6) is 0 Å². The van der Waals surface area contributed by atoms with Crippen molar-refractivity contribution in [2.45, 2.75) is 33.1 Å². The van der Waals surface area contributed by atoms with E-state index in [9.17, 15) is 0 Å². The second-order valence-corrected chi connectivity index (χ2v) is 6.41. The first-order valence-electron chi connectivity index (χ1n) is 6.88. The van der Waals surface area contributed by atoms with Crippen molar-refractivity contribution in [2.24, 2.45) is 0 Å². The summed E-state index contributed by atoms with van der Waals surface area (Å²) in [5, 5.41) is 8.70. The van der Waals surface area contributed by atoms with E-state index < -0.39 is 0 Å². The van der Waals surface area contributed by atoms with Crippen LogP contribution in [0.2, 0.25) is 0 Å². The van der Waals surface area contributed by atoms with Crippen LogP contribution in [0.25, 0.3) is 0 Å². The van der Waals surface area contributed by atoms with Crippen LogP contribution >= 0.6 is 11.3 Å². The summed E-state index contributed by atoms with van der Waals surface area (Å²) in [5.41, 5.74) is 1.05. The molecule has 2 rings (SSSR count). The van der Waals surface area contributed by atoms with E-state index in [1.165, 1.54) is 4.88 Å². The van der Waals surface area contributed by atoms with Gasteiger partial charge in [0.05, 0.1) is 0 Å². The molecular weight excluding hydrogens is 268 g/mol. The molecule has 0 bridgehead atoms. The van der Waals surface area contributed by atoms with Gasteiger partial charge in [-0.2, -0.15) is 4.98 Å². The van der Waals surface area contributed by atoms with E-state index in [-0.39, 0.29) is 5.41 Å². The maximum Gasteiger partial charge on any atom is 0.224 e. The fourth-order valence-corrected chi connectivity index (χ4v) is 2.81. The summed E-state index contributed by atoms with van der Waals surface area (Å²) in [7, 11) is 0. The third-order valence-corrected chi connectivity index (χ3v) is 4.32. The lowest BCUT2D eigenvalue weighted by molar-refractivity contribution is 0.568. The highest BCUT2D eigenvalue weighted by Gasteiger charge is 2.21. The largest absolute Gasteiger partial charge is 0.369 e. The SMILES string of the molecule is CCNc1nc(C)cc(NCC(C)(C)c2cccs2)n1. The quantitative estimate of drug-likeness (QED) is 0.852. The molecule has 0 fully saturated rings. The van der Waals surface area contributed by atoms with Gasteiger partial charge >= 0.3 is 0 Å². The summed E-state index contributed by atoms with van der Waals surface area (Å²) >= 11 is 1.79. The van der Waals surface area contributed by atoms with Crippen LogP contribution in [0.3, 0.4) is 0 Å². The van der Waals surface area contributed by atoms with Crippen LogP contribution in [0.15, 0.2) is 23.6 Å². The Hall–Kier alpha value is -1.62. The lowest BCUT2D eigenvalue weighted by Crippen LogP contribution is -2.27. The second kappa shape index (κ2) is 6.22. The molecular formula is C15H22N4S. The minimum atomic E-state index is 0.0887. The van der Waals surface area contributed by atoms with Gasteiger partial charge in [-0.05, 0) is 25.3 Å². The summed E-state index contributed by atoms with van der Waals surface area (Å²) in [6, 6.07) is 6.26. The first kappa shape index (κ1) is 14.8. The predicted molar refractivity (Wildman–Crippen MR) is 86.8 cm³/mol. The number of nitrogens with one attached hydrogen (secondary N) is 2. The van der Waals surface area contributed by atoms with Gasteiger partial charge in [0.25, 0.3) is 0 Å². The fourth-order valence-electron chi connectivity index (χ4n) is 1.96. The molecule has 0 radical (unpaired) electrons. The number of thiophene rings is 1. The van der Waals surface area contributed by atoms with Crippen molar-refractivity contribution < 1.29 is 0 Å². The molecule has 0 amide bonds. The highest BCUT2D eigenvalue weighted by atomic mass is 32.1. The molecule has 0 aromatic carbocycles. The van der Waals surface area contributed by atoms with E-state index in [0.29, 0.717) is 5.95 Å². The fraction of sp³-hybridized carbons (Fsp3) is 0.467. The van der Waals surface area contributed by atoms with Gasteiger partial charge in [0.15, 0.2) is 0 Å². The molecule has 0 saturated carbocycles. The maximum atomic E-state index is 4.48. The molecule has 5 heteroatoms. The van der Waals surface area contributed by atoms with Gasteiger partial charge in [-0.15, -0.1) is 11.3 Å². The standard InChI is InChI=1S/C15H22N4S/c1-5-16-14-18-11(2)9-13(19-14)17-10-15(3,4)12-7-6-8-20-12/h6-9H,5,10H2,1-4H3,(H2,16,17,18,19). The Morgan fingerprint density at radius 1 is 1.25 bits per heavy atom. The Labute approximate surface area is 124 Å². The molecule has 0 spiro atoms. The normalized spacial score (nSPS) is 11.4. The van der Waals surface area contributed by atoms with Crippen LogP contribution in [-0.2, 0) is 5.41 Å². The van der Waals surface area contributed by atoms with Crippen molar-refractivity contribution in [3.05, 3.63) is 34.2 Å². The number of hydrogen-bond acceptors (Lipinski definition) is 5. The average molecular weight is 290 g/mol. The first-order chi connectivity index (χ1) is 9.51. The molecule has 2 aromatic heterocycles. The molecule has 0 saturated heterocycles. The zero-order valence-electron chi connectivity index (χ0n) is 12.5. The number of aromatic nitrogens is 2. The Morgan fingerprint density at radius 2 is 2.05 bits per heavy atom. The zero-order chi connectivity index (χ0) is 14.6. The molecule has 2 aromatic rings. The Bertz CT molecular complexity index is 549. The van der Waals surface area contributed by atoms with E-state index in [1.54, 1.807) is 11.3 Å². The van der Waals surface area contributed by atoms with E-state index >= 15 is 0 Å². The smallest absolute Gasteiger partial charge is 0.224 e. The van der Waals surface area contributed by atoms with Gasteiger partial charge in [0.2, 0.25) is 5.95 Å². The summed E-state index contributed by atoms with van der Waals surface area (Å²) in [4.78, 5) is 10.2. The van der Waals surface area contributed by atoms with E-state index in [0.717, 1.165) is 24.6 Å². The van der Waals surface area contributed by atoms with Crippen LogP contribution in [0, 0.1) is 6.92 Å². The van der Waals surface area contributed by atoms with E-state index in [2.05, 4.69) is 52.0 Å². The predicted octanol–water partition coefficient (Wildman–Crippen LogP) is 3.67. The third-order valence-electron chi connectivity index (χ3n) is 3.09. The van der Waals surface area contributed by atoms with Gasteiger partial charge in [-0.25, -0.2) is 4.98 Å². The highest BCUT2D eigenvalue weighted by Crippen LogP contribution is 2.27. The summed E-state index contributed by atoms with van der Waals surface area (Å²) in [6.45, 7) is 10.2. The number of hydrogen-bond donors (Lipinski definition) is 2. The minimum absolute atomic E-state index is 0.0887. The van der Waals surface area contributed by atoms with Crippen molar-refractivity contribution in [3.8, 4) is 0 Å². The number of rotatable bonds is 6. The van der Waals surface area contributed by atoms with Gasteiger partial charge < -0.3 is 10.6 Å². The van der Waals surface area contributed by atoms with Crippen molar-refractivity contribution in [2.75, 3.05) is 23.7 Å². The molecule has 2 N–H and O–H groups in total. The molecule has 2 heterocycles. The molecule has 0 unspecified atom stereocenters. The topological polar surface area (TPSA) is 49.8 Å². The number of anilines is 2. The Kier molecular flexibility index (Phi) is 4.60. The summed E-state index contributed by atoms with van der Waals surface area (Å²) in [5.74, 6) is 1.56. The molecule has 0 aliphatic heterocycles. The number of nitrogens with zero attached hydrogens (tertiary/aromatic N) is 2. The van der Waals surface area contributed by atoms with Gasteiger partial charge in [0, 0.05) is 35.1 Å². The summed E-state index contributed by atoms with van der Waals surface area (Å²) < 4.78 is 0. The van der Waals surface area contributed by atoms with Gasteiger partial charge in [-0.3, -0.25) is 0 Å². The third kappa shape index (κ3) is 3.70. The second-order valence-electron chi connectivity index (χ2n) is 5.46. The zero-order valence-corrected chi connectivity index (χ0v) is 13.3. The lowest BCUT2D eigenvalue weighted by atomic mass is 9.91.